The van der Waals surface area contributed by atoms with E-state index in [1.165, 1.54) is 4.90 Å². The monoisotopic (exact) mass is 437 g/mol. The predicted octanol–water partition coefficient (Wildman–Crippen LogP) is 4.80. The van der Waals surface area contributed by atoms with Crippen molar-refractivity contribution in [1.29, 1.82) is 0 Å². The molecule has 0 radical (unpaired) electrons. The van der Waals surface area contributed by atoms with Gasteiger partial charge in [0.15, 0.2) is 0 Å². The van der Waals surface area contributed by atoms with E-state index in [1.54, 1.807) is 48.5 Å². The second-order valence-corrected chi connectivity index (χ2v) is 7.60. The largest absolute Gasteiger partial charge is 0.339 e. The Kier molecular flexibility index (Phi) is 5.57. The molecule has 0 unspecified atom stereocenters. The lowest BCUT2D eigenvalue weighted by Gasteiger charge is -2.21. The third kappa shape index (κ3) is 3.70. The number of carbonyl (C=O) groups is 2. The van der Waals surface area contributed by atoms with Gasteiger partial charge in [-0.2, -0.15) is 0 Å². The molecule has 1 aliphatic heterocycles. The van der Waals surface area contributed by atoms with Crippen LogP contribution in [0.3, 0.4) is 0 Å². The molecule has 4 rings (SSSR count). The lowest BCUT2D eigenvalue weighted by molar-refractivity contribution is -0.137. The van der Waals surface area contributed by atoms with Crippen LogP contribution in [-0.2, 0) is 16.1 Å². The van der Waals surface area contributed by atoms with Gasteiger partial charge in [-0.25, -0.2) is 0 Å². The first-order valence-corrected chi connectivity index (χ1v) is 9.97. The lowest BCUT2D eigenvalue weighted by atomic mass is 10.0. The maximum atomic E-state index is 13.4. The van der Waals surface area contributed by atoms with Gasteiger partial charge in [-0.3, -0.25) is 19.5 Å². The summed E-state index contributed by atoms with van der Waals surface area (Å²) in [6, 6.07) is 19.6. The van der Waals surface area contributed by atoms with Crippen molar-refractivity contribution >= 4 is 46.3 Å². The minimum Gasteiger partial charge on any atom is -0.339 e. The standard InChI is InChI=1S/C23H17Cl2N3O2/c1-27(17-8-3-2-4-9-17)21-20(18-11-10-15(24)13-19(18)25)22(29)28(23(21)30)14-16-7-5-6-12-26-16/h2-13H,14H2,1H3. The molecule has 150 valence electrons. The maximum absolute atomic E-state index is 13.4. The van der Waals surface area contributed by atoms with E-state index in [0.29, 0.717) is 21.3 Å². The van der Waals surface area contributed by atoms with Gasteiger partial charge in [0.05, 0.1) is 22.8 Å². The van der Waals surface area contributed by atoms with Crippen LogP contribution in [0, 0.1) is 0 Å². The highest BCUT2D eigenvalue weighted by atomic mass is 35.5. The number of hydrogen-bond donors (Lipinski definition) is 0. The number of pyridine rings is 1. The molecule has 0 saturated carbocycles. The number of nitrogens with zero attached hydrogens (tertiary/aromatic N) is 3. The van der Waals surface area contributed by atoms with Gasteiger partial charge in [0.2, 0.25) is 0 Å². The minimum atomic E-state index is -0.423. The van der Waals surface area contributed by atoms with Gasteiger partial charge in [0, 0.05) is 29.5 Å². The number of amides is 2. The molecule has 5 nitrogen and oxygen atoms in total. The predicted molar refractivity (Wildman–Crippen MR) is 118 cm³/mol. The fourth-order valence-electron chi connectivity index (χ4n) is 3.39. The number of aromatic nitrogens is 1. The van der Waals surface area contributed by atoms with Crippen molar-refractivity contribution in [2.45, 2.75) is 6.54 Å². The second kappa shape index (κ2) is 8.30. The number of likely N-dealkylation sites (N-methyl/N-ethyl adjacent to an activating group) is 1. The third-order valence-corrected chi connectivity index (χ3v) is 5.42. The normalized spacial score (nSPS) is 13.9. The highest BCUT2D eigenvalue weighted by Crippen LogP contribution is 2.37. The molecular formula is C23H17Cl2N3O2. The number of rotatable bonds is 5. The van der Waals surface area contributed by atoms with Gasteiger partial charge >= 0.3 is 0 Å². The van der Waals surface area contributed by atoms with Crippen LogP contribution in [0.1, 0.15) is 11.3 Å². The SMILES string of the molecule is CN(C1=C(c2ccc(Cl)cc2Cl)C(=O)N(Cc2ccccn2)C1=O)c1ccccc1. The number of carbonyl (C=O) groups excluding carboxylic acids is 2. The Morgan fingerprint density at radius 2 is 1.67 bits per heavy atom. The molecule has 0 saturated heterocycles. The number of imide groups is 1. The zero-order chi connectivity index (χ0) is 21.3. The summed E-state index contributed by atoms with van der Waals surface area (Å²) >= 11 is 12.5. The molecule has 0 bridgehead atoms. The van der Waals surface area contributed by atoms with E-state index in [2.05, 4.69) is 4.98 Å². The first kappa shape index (κ1) is 20.1. The van der Waals surface area contributed by atoms with Crippen LogP contribution in [0.4, 0.5) is 5.69 Å². The van der Waals surface area contributed by atoms with E-state index < -0.39 is 11.8 Å². The quantitative estimate of drug-likeness (QED) is 0.537. The third-order valence-electron chi connectivity index (χ3n) is 4.87. The number of benzene rings is 2. The van der Waals surface area contributed by atoms with Crippen molar-refractivity contribution in [3.8, 4) is 0 Å². The molecule has 3 aromatic rings. The van der Waals surface area contributed by atoms with Gasteiger partial charge in [-0.1, -0.05) is 53.5 Å². The summed E-state index contributed by atoms with van der Waals surface area (Å²) in [4.78, 5) is 34.0. The molecule has 30 heavy (non-hydrogen) atoms. The highest BCUT2D eigenvalue weighted by Gasteiger charge is 2.42. The van der Waals surface area contributed by atoms with Crippen molar-refractivity contribution in [1.82, 2.24) is 9.88 Å². The van der Waals surface area contributed by atoms with Crippen molar-refractivity contribution in [2.75, 3.05) is 11.9 Å². The minimum absolute atomic E-state index is 0.0688. The maximum Gasteiger partial charge on any atom is 0.278 e. The number of para-hydroxylation sites is 1. The summed E-state index contributed by atoms with van der Waals surface area (Å²) < 4.78 is 0. The van der Waals surface area contributed by atoms with Crippen LogP contribution >= 0.6 is 23.2 Å². The van der Waals surface area contributed by atoms with E-state index in [0.717, 1.165) is 5.69 Å². The summed E-state index contributed by atoms with van der Waals surface area (Å²) in [5.41, 5.74) is 2.34. The van der Waals surface area contributed by atoms with Gasteiger partial charge in [-0.05, 0) is 36.4 Å². The second-order valence-electron chi connectivity index (χ2n) is 6.76. The molecule has 1 aromatic heterocycles. The molecule has 2 aromatic carbocycles. The molecular weight excluding hydrogens is 421 g/mol. The lowest BCUT2D eigenvalue weighted by Crippen LogP contribution is -2.34. The molecule has 0 N–H and O–H groups in total. The molecule has 0 spiro atoms. The van der Waals surface area contributed by atoms with E-state index in [-0.39, 0.29) is 17.8 Å². The fraction of sp³-hybridized carbons (Fsp3) is 0.0870. The van der Waals surface area contributed by atoms with Crippen molar-refractivity contribution in [3.05, 3.63) is 99.9 Å². The van der Waals surface area contributed by atoms with E-state index in [9.17, 15) is 9.59 Å². The van der Waals surface area contributed by atoms with Crippen molar-refractivity contribution in [2.24, 2.45) is 0 Å². The summed E-state index contributed by atoms with van der Waals surface area (Å²) in [5, 5.41) is 0.752. The van der Waals surface area contributed by atoms with Crippen molar-refractivity contribution < 1.29 is 9.59 Å². The molecule has 1 aliphatic rings. The first-order chi connectivity index (χ1) is 14.5. The Morgan fingerprint density at radius 1 is 0.933 bits per heavy atom. The van der Waals surface area contributed by atoms with Gasteiger partial charge in [0.25, 0.3) is 11.8 Å². The van der Waals surface area contributed by atoms with E-state index in [4.69, 9.17) is 23.2 Å². The zero-order valence-corrected chi connectivity index (χ0v) is 17.6. The summed E-state index contributed by atoms with van der Waals surface area (Å²) in [5.74, 6) is -0.828. The van der Waals surface area contributed by atoms with Crippen LogP contribution in [0.25, 0.3) is 5.57 Å². The van der Waals surface area contributed by atoms with Crippen LogP contribution in [-0.4, -0.2) is 28.7 Å². The number of halogens is 2. The van der Waals surface area contributed by atoms with Gasteiger partial charge in [-0.15, -0.1) is 0 Å². The van der Waals surface area contributed by atoms with Crippen molar-refractivity contribution in [3.63, 3.8) is 0 Å². The first-order valence-electron chi connectivity index (χ1n) is 9.22. The summed E-state index contributed by atoms with van der Waals surface area (Å²) in [6.45, 7) is 0.0688. The topological polar surface area (TPSA) is 53.5 Å². The van der Waals surface area contributed by atoms with E-state index >= 15 is 0 Å². The average molecular weight is 438 g/mol. The molecule has 2 heterocycles. The Balaban J connectivity index is 1.83. The fourth-order valence-corrected chi connectivity index (χ4v) is 3.89. The highest BCUT2D eigenvalue weighted by molar-refractivity contribution is 6.41. The Bertz CT molecular complexity index is 1150. The van der Waals surface area contributed by atoms with Gasteiger partial charge in [0.1, 0.15) is 5.70 Å². The number of hydrogen-bond acceptors (Lipinski definition) is 4. The average Bonchev–Trinajstić information content (AvgIpc) is 2.99. The Hall–Kier alpha value is -3.15. The Labute approximate surface area is 184 Å². The van der Waals surface area contributed by atoms with Crippen LogP contribution in [0.5, 0.6) is 0 Å². The number of anilines is 1. The smallest absolute Gasteiger partial charge is 0.278 e. The van der Waals surface area contributed by atoms with Crippen LogP contribution in [0.2, 0.25) is 10.0 Å². The summed E-state index contributed by atoms with van der Waals surface area (Å²) in [7, 11) is 1.75. The molecule has 0 fully saturated rings. The summed E-state index contributed by atoms with van der Waals surface area (Å²) in [6.07, 6.45) is 1.63. The van der Waals surface area contributed by atoms with E-state index in [1.807, 2.05) is 36.4 Å². The molecule has 2 amide bonds. The van der Waals surface area contributed by atoms with Gasteiger partial charge < -0.3 is 4.90 Å². The zero-order valence-electron chi connectivity index (χ0n) is 16.0. The molecule has 0 atom stereocenters. The molecule has 7 heteroatoms. The molecule has 0 aliphatic carbocycles. The van der Waals surface area contributed by atoms with Crippen LogP contribution in [0.15, 0.2) is 78.6 Å². The van der Waals surface area contributed by atoms with Crippen LogP contribution < -0.4 is 4.90 Å². The Morgan fingerprint density at radius 3 is 2.33 bits per heavy atom.